The molecule has 0 heterocycles. The third kappa shape index (κ3) is 7.85. The molecule has 0 amide bonds. The number of carbonyl (C=O) groups is 2. The van der Waals surface area contributed by atoms with Crippen LogP contribution in [-0.2, 0) is 16.0 Å². The standard InChI is InChI=1S/C28H39FO2.C28H35FO2/c2*1-27-15-13-21(30)17-19(27)6-9-22-23-10-11-25(28(23,2)16-14-24(22)27)26(31)12-5-18-3-7-20(29)8-4-18/h3-4,7-8,19,21-25,30H,5-6,9-17H2,1-2H3;3-8,12,21-25,30H,9-11,13-17H2,1-2H3/b;12-5+/t19-,21-,22-,23-,24-,25+,27-,28-;21-,22-,23-,24-,25+,27-,28-/m00/s1. The summed E-state index contributed by atoms with van der Waals surface area (Å²) in [6.07, 6.45) is 26.1. The number of hydrogen-bond donors (Lipinski definition) is 2. The van der Waals surface area contributed by atoms with E-state index >= 15 is 0 Å². The first-order valence-electron chi connectivity index (χ1n) is 24.9. The van der Waals surface area contributed by atoms with Gasteiger partial charge in [-0.3, -0.25) is 9.59 Å². The third-order valence-corrected chi connectivity index (χ3v) is 20.3. The van der Waals surface area contributed by atoms with E-state index in [0.29, 0.717) is 47.2 Å². The predicted molar refractivity (Wildman–Crippen MR) is 243 cm³/mol. The summed E-state index contributed by atoms with van der Waals surface area (Å²) in [6, 6.07) is 12.9. The average Bonchev–Trinajstić information content (AvgIpc) is 3.81. The Morgan fingerprint density at radius 2 is 1.24 bits per heavy atom. The van der Waals surface area contributed by atoms with Crippen molar-refractivity contribution >= 4 is 17.6 Å². The number of carbonyl (C=O) groups excluding carboxylic acids is 2. The Kier molecular flexibility index (Phi) is 12.2. The van der Waals surface area contributed by atoms with E-state index in [0.717, 1.165) is 93.6 Å². The molecule has 62 heavy (non-hydrogen) atoms. The van der Waals surface area contributed by atoms with E-state index < -0.39 is 0 Å². The SMILES string of the molecule is C[C@]12CC[C@H](O)C[C@@H]1CC[C@@H]1[C@@H]2CC[C@]2(C)[C@@H](C(=O)CCc3ccc(F)cc3)CC[C@@H]12.C[C@]12CC[C@H]3[C@@H](CC=C4C[C@@H](O)CC[C@@]43C)[C@@H]1CC[C@@H]2C(=O)/C=C/c1ccc(F)cc1. The zero-order valence-electron chi connectivity index (χ0n) is 38.1. The Morgan fingerprint density at radius 1 is 0.645 bits per heavy atom. The molecular formula is C56H74F2O4. The molecule has 10 rings (SSSR count). The molecule has 0 aliphatic heterocycles. The van der Waals surface area contributed by atoms with E-state index in [1.807, 2.05) is 18.2 Å². The molecule has 8 aliphatic rings. The highest BCUT2D eigenvalue weighted by atomic mass is 19.1. The van der Waals surface area contributed by atoms with Crippen LogP contribution in [0.1, 0.15) is 154 Å². The predicted octanol–water partition coefficient (Wildman–Crippen LogP) is 12.7. The van der Waals surface area contributed by atoms with Gasteiger partial charge in [0, 0.05) is 18.3 Å². The second-order valence-electron chi connectivity index (χ2n) is 23.0. The first kappa shape index (κ1) is 44.3. The van der Waals surface area contributed by atoms with Crippen LogP contribution in [0.4, 0.5) is 8.78 Å². The molecule has 2 aromatic carbocycles. The van der Waals surface area contributed by atoms with Crippen molar-refractivity contribution in [1.29, 1.82) is 0 Å². The second-order valence-corrected chi connectivity index (χ2v) is 23.0. The Balaban J connectivity index is 0.000000158. The average molecular weight is 849 g/mol. The van der Waals surface area contributed by atoms with Gasteiger partial charge < -0.3 is 10.2 Å². The lowest BCUT2D eigenvalue weighted by Crippen LogP contribution is -2.54. The molecule has 8 aliphatic carbocycles. The molecule has 7 fully saturated rings. The van der Waals surface area contributed by atoms with Crippen LogP contribution < -0.4 is 0 Å². The lowest BCUT2D eigenvalue weighted by atomic mass is 9.44. The summed E-state index contributed by atoms with van der Waals surface area (Å²) >= 11 is 0. The lowest BCUT2D eigenvalue weighted by Gasteiger charge is -2.60. The van der Waals surface area contributed by atoms with Gasteiger partial charge in [-0.05, 0) is 220 Å². The van der Waals surface area contributed by atoms with Gasteiger partial charge in [-0.1, -0.05) is 69.7 Å². The van der Waals surface area contributed by atoms with Gasteiger partial charge in [0.15, 0.2) is 5.78 Å². The number of hydrogen-bond acceptors (Lipinski definition) is 4. The Morgan fingerprint density at radius 3 is 1.97 bits per heavy atom. The molecular weight excluding hydrogens is 775 g/mol. The van der Waals surface area contributed by atoms with Crippen LogP contribution >= 0.6 is 0 Å². The third-order valence-electron chi connectivity index (χ3n) is 20.3. The van der Waals surface area contributed by atoms with Crippen LogP contribution in [0.15, 0.2) is 66.3 Å². The molecule has 4 nitrogen and oxygen atoms in total. The minimum atomic E-state index is -0.253. The van der Waals surface area contributed by atoms with Gasteiger partial charge in [0.2, 0.25) is 0 Å². The maximum Gasteiger partial charge on any atom is 0.159 e. The number of halogens is 2. The molecule has 15 atom stereocenters. The number of rotatable bonds is 7. The topological polar surface area (TPSA) is 74.6 Å². The Labute approximate surface area is 370 Å². The van der Waals surface area contributed by atoms with Crippen molar-refractivity contribution in [3.8, 4) is 0 Å². The largest absolute Gasteiger partial charge is 0.393 e. The quantitative estimate of drug-likeness (QED) is 0.215. The van der Waals surface area contributed by atoms with Gasteiger partial charge in [0.25, 0.3) is 0 Å². The Bertz CT molecular complexity index is 2020. The number of benzene rings is 2. The van der Waals surface area contributed by atoms with E-state index in [9.17, 15) is 28.6 Å². The normalized spacial score (nSPS) is 43.1. The molecule has 2 aromatic rings. The number of aliphatic hydroxyl groups is 2. The van der Waals surface area contributed by atoms with E-state index in [4.69, 9.17) is 0 Å². The maximum absolute atomic E-state index is 13.3. The van der Waals surface area contributed by atoms with Crippen molar-refractivity contribution < 1.29 is 28.6 Å². The van der Waals surface area contributed by atoms with Crippen molar-refractivity contribution in [1.82, 2.24) is 0 Å². The summed E-state index contributed by atoms with van der Waals surface area (Å²) in [6.45, 7) is 9.79. The number of ketones is 2. The summed E-state index contributed by atoms with van der Waals surface area (Å²) in [5.41, 5.74) is 4.32. The van der Waals surface area contributed by atoms with Crippen LogP contribution in [0.5, 0.6) is 0 Å². The molecule has 0 radical (unpaired) electrons. The highest BCUT2D eigenvalue weighted by Gasteiger charge is 2.62. The number of allylic oxidation sites excluding steroid dienone is 2. The van der Waals surface area contributed by atoms with Gasteiger partial charge in [-0.2, -0.15) is 0 Å². The smallest absolute Gasteiger partial charge is 0.159 e. The lowest BCUT2D eigenvalue weighted by molar-refractivity contribution is -0.139. The van der Waals surface area contributed by atoms with Crippen molar-refractivity contribution in [3.05, 3.63) is 89.0 Å². The van der Waals surface area contributed by atoms with Gasteiger partial charge >= 0.3 is 0 Å². The number of fused-ring (bicyclic) bond motifs is 10. The van der Waals surface area contributed by atoms with Crippen molar-refractivity contribution in [3.63, 3.8) is 0 Å². The summed E-state index contributed by atoms with van der Waals surface area (Å²) in [7, 11) is 0. The van der Waals surface area contributed by atoms with Gasteiger partial charge in [0.1, 0.15) is 17.4 Å². The van der Waals surface area contributed by atoms with Crippen molar-refractivity contribution in [2.45, 2.75) is 162 Å². The molecule has 6 heteroatoms. The van der Waals surface area contributed by atoms with Crippen LogP contribution in [0.2, 0.25) is 0 Å². The summed E-state index contributed by atoms with van der Waals surface area (Å²) in [5, 5.41) is 20.4. The van der Waals surface area contributed by atoms with Crippen molar-refractivity contribution in [2.24, 2.45) is 74.9 Å². The van der Waals surface area contributed by atoms with Crippen LogP contribution in [0.3, 0.4) is 0 Å². The fraction of sp³-hybridized carbons (Fsp3) is 0.679. The highest BCUT2D eigenvalue weighted by Crippen LogP contribution is 2.69. The molecule has 0 aromatic heterocycles. The van der Waals surface area contributed by atoms with Crippen LogP contribution in [-0.4, -0.2) is 34.0 Å². The molecule has 7 saturated carbocycles. The number of aryl methyl sites for hydroxylation is 1. The number of aliphatic hydroxyl groups excluding tert-OH is 2. The fourth-order valence-corrected chi connectivity index (χ4v) is 16.8. The Hall–Kier alpha value is -2.96. The summed E-state index contributed by atoms with van der Waals surface area (Å²) in [4.78, 5) is 26.6. The van der Waals surface area contributed by atoms with Gasteiger partial charge in [-0.15, -0.1) is 0 Å². The maximum atomic E-state index is 13.3. The van der Waals surface area contributed by atoms with E-state index in [1.165, 1.54) is 74.8 Å². The second kappa shape index (κ2) is 17.1. The zero-order chi connectivity index (χ0) is 43.6. The van der Waals surface area contributed by atoms with Crippen LogP contribution in [0.25, 0.3) is 6.08 Å². The zero-order valence-corrected chi connectivity index (χ0v) is 38.1. The van der Waals surface area contributed by atoms with Crippen LogP contribution in [0, 0.1) is 86.6 Å². The molecule has 0 saturated heterocycles. The van der Waals surface area contributed by atoms with Crippen molar-refractivity contribution in [2.75, 3.05) is 0 Å². The minimum absolute atomic E-state index is 0.0846. The van der Waals surface area contributed by atoms with E-state index in [-0.39, 0.29) is 57.7 Å². The van der Waals surface area contributed by atoms with E-state index in [1.54, 1.807) is 18.2 Å². The molecule has 0 spiro atoms. The van der Waals surface area contributed by atoms with Gasteiger partial charge in [0.05, 0.1) is 12.2 Å². The first-order chi connectivity index (χ1) is 29.6. The van der Waals surface area contributed by atoms with E-state index in [2.05, 4.69) is 33.8 Å². The minimum Gasteiger partial charge on any atom is -0.393 e. The monoisotopic (exact) mass is 849 g/mol. The number of Topliss-reactive ketones (excluding diaryl/α,β-unsaturated/α-hetero) is 1. The molecule has 0 unspecified atom stereocenters. The molecule has 336 valence electrons. The summed E-state index contributed by atoms with van der Waals surface area (Å²) < 4.78 is 26.3. The summed E-state index contributed by atoms with van der Waals surface area (Å²) in [5.74, 6) is 5.43. The highest BCUT2D eigenvalue weighted by molar-refractivity contribution is 5.96. The molecule has 2 N–H and O–H groups in total. The fourth-order valence-electron chi connectivity index (χ4n) is 16.8. The van der Waals surface area contributed by atoms with Gasteiger partial charge in [-0.25, -0.2) is 8.78 Å². The first-order valence-corrected chi connectivity index (χ1v) is 24.9. The molecule has 0 bridgehead atoms.